The van der Waals surface area contributed by atoms with Crippen LogP contribution in [0.4, 0.5) is 11.4 Å². The fourth-order valence-electron chi connectivity index (χ4n) is 2.58. The molecule has 2 rings (SSSR count). The standard InChI is InChI=1S/C18H18N2O5/c1-12(13-5-3-2-4-6-13)16(11-17(21)22)18(23)19-14-7-9-15(10-8-14)20(24)25/h2-10,12,16H,11H2,1H3,(H,19,23)(H,21,22)/t12-,16+/m1/s1. The molecule has 0 aliphatic heterocycles. The van der Waals surface area contributed by atoms with Crippen molar-refractivity contribution in [3.63, 3.8) is 0 Å². The van der Waals surface area contributed by atoms with E-state index in [1.54, 1.807) is 6.92 Å². The lowest BCUT2D eigenvalue weighted by Gasteiger charge is -2.22. The smallest absolute Gasteiger partial charge is 0.304 e. The number of amides is 1. The molecule has 0 saturated heterocycles. The zero-order valence-corrected chi connectivity index (χ0v) is 13.6. The highest BCUT2D eigenvalue weighted by molar-refractivity contribution is 5.95. The van der Waals surface area contributed by atoms with Crippen LogP contribution >= 0.6 is 0 Å². The van der Waals surface area contributed by atoms with Gasteiger partial charge in [0.1, 0.15) is 0 Å². The average Bonchev–Trinajstić information content (AvgIpc) is 2.60. The number of anilines is 1. The lowest BCUT2D eigenvalue weighted by molar-refractivity contribution is -0.384. The Morgan fingerprint density at radius 2 is 1.72 bits per heavy atom. The van der Waals surface area contributed by atoms with Gasteiger partial charge in [-0.15, -0.1) is 0 Å². The molecular formula is C18H18N2O5. The number of nitrogens with one attached hydrogen (secondary N) is 1. The van der Waals surface area contributed by atoms with Crippen molar-refractivity contribution in [3.05, 3.63) is 70.3 Å². The van der Waals surface area contributed by atoms with Gasteiger partial charge in [-0.2, -0.15) is 0 Å². The van der Waals surface area contributed by atoms with Crippen LogP contribution in [-0.2, 0) is 9.59 Å². The van der Waals surface area contributed by atoms with Crippen LogP contribution in [0.2, 0.25) is 0 Å². The normalized spacial score (nSPS) is 12.8. The summed E-state index contributed by atoms with van der Waals surface area (Å²) in [5, 5.41) is 22.4. The van der Waals surface area contributed by atoms with Crippen LogP contribution < -0.4 is 5.32 Å². The van der Waals surface area contributed by atoms with Gasteiger partial charge in [-0.05, 0) is 23.6 Å². The molecule has 7 nitrogen and oxygen atoms in total. The Morgan fingerprint density at radius 3 is 2.24 bits per heavy atom. The second-order valence-electron chi connectivity index (χ2n) is 5.70. The summed E-state index contributed by atoms with van der Waals surface area (Å²) >= 11 is 0. The third kappa shape index (κ3) is 4.87. The number of carbonyl (C=O) groups excluding carboxylic acids is 1. The Bertz CT molecular complexity index is 759. The van der Waals surface area contributed by atoms with Gasteiger partial charge in [0.25, 0.3) is 5.69 Å². The summed E-state index contributed by atoms with van der Waals surface area (Å²) < 4.78 is 0. The van der Waals surface area contributed by atoms with Crippen LogP contribution in [0.3, 0.4) is 0 Å². The molecule has 0 saturated carbocycles. The van der Waals surface area contributed by atoms with Crippen LogP contribution in [0.5, 0.6) is 0 Å². The number of hydrogen-bond donors (Lipinski definition) is 2. The number of non-ortho nitro benzene ring substituents is 1. The van der Waals surface area contributed by atoms with Gasteiger partial charge in [0.05, 0.1) is 17.3 Å². The molecule has 0 radical (unpaired) electrons. The highest BCUT2D eigenvalue weighted by Gasteiger charge is 2.28. The lowest BCUT2D eigenvalue weighted by atomic mass is 9.84. The fraction of sp³-hybridized carbons (Fsp3) is 0.222. The van der Waals surface area contributed by atoms with E-state index in [1.807, 2.05) is 30.3 Å². The number of carboxylic acid groups (broad SMARTS) is 1. The first kappa shape index (κ1) is 18.1. The van der Waals surface area contributed by atoms with Crippen molar-refractivity contribution in [1.82, 2.24) is 0 Å². The first-order valence-corrected chi connectivity index (χ1v) is 7.70. The van der Waals surface area contributed by atoms with Crippen molar-refractivity contribution in [2.45, 2.75) is 19.3 Å². The largest absolute Gasteiger partial charge is 0.481 e. The lowest BCUT2D eigenvalue weighted by Crippen LogP contribution is -2.29. The number of carboxylic acids is 1. The van der Waals surface area contributed by atoms with Crippen LogP contribution in [-0.4, -0.2) is 21.9 Å². The van der Waals surface area contributed by atoms with E-state index in [2.05, 4.69) is 5.32 Å². The van der Waals surface area contributed by atoms with E-state index in [0.717, 1.165) is 5.56 Å². The molecule has 0 aliphatic carbocycles. The van der Waals surface area contributed by atoms with Gasteiger partial charge in [0, 0.05) is 17.8 Å². The molecule has 130 valence electrons. The van der Waals surface area contributed by atoms with Gasteiger partial charge in [-0.1, -0.05) is 37.3 Å². The zero-order chi connectivity index (χ0) is 18.4. The topological polar surface area (TPSA) is 110 Å². The van der Waals surface area contributed by atoms with Crippen LogP contribution in [0, 0.1) is 16.0 Å². The molecule has 0 fully saturated rings. The maximum Gasteiger partial charge on any atom is 0.304 e. The predicted molar refractivity (Wildman–Crippen MR) is 92.3 cm³/mol. The maximum absolute atomic E-state index is 12.6. The van der Waals surface area contributed by atoms with E-state index in [9.17, 15) is 19.7 Å². The van der Waals surface area contributed by atoms with E-state index in [4.69, 9.17) is 5.11 Å². The highest BCUT2D eigenvalue weighted by Crippen LogP contribution is 2.28. The van der Waals surface area contributed by atoms with Gasteiger partial charge in [-0.25, -0.2) is 0 Å². The summed E-state index contributed by atoms with van der Waals surface area (Å²) in [5.74, 6) is -2.57. The van der Waals surface area contributed by atoms with Crippen LogP contribution in [0.1, 0.15) is 24.8 Å². The van der Waals surface area contributed by atoms with Crippen molar-refractivity contribution in [1.29, 1.82) is 0 Å². The second kappa shape index (κ2) is 8.05. The quantitative estimate of drug-likeness (QED) is 0.592. The van der Waals surface area contributed by atoms with E-state index >= 15 is 0 Å². The summed E-state index contributed by atoms with van der Waals surface area (Å²) in [6.45, 7) is 1.80. The maximum atomic E-state index is 12.6. The average molecular weight is 342 g/mol. The molecule has 2 aromatic carbocycles. The molecule has 2 aromatic rings. The van der Waals surface area contributed by atoms with Gasteiger partial charge in [0.2, 0.25) is 5.91 Å². The summed E-state index contributed by atoms with van der Waals surface area (Å²) in [5.41, 5.74) is 1.16. The summed E-state index contributed by atoms with van der Waals surface area (Å²) in [7, 11) is 0. The van der Waals surface area contributed by atoms with E-state index in [0.29, 0.717) is 5.69 Å². The molecule has 0 heterocycles. The molecule has 1 amide bonds. The number of hydrogen-bond acceptors (Lipinski definition) is 4. The Morgan fingerprint density at radius 1 is 1.12 bits per heavy atom. The molecule has 0 spiro atoms. The minimum absolute atomic E-state index is 0.0854. The number of benzene rings is 2. The van der Waals surface area contributed by atoms with E-state index in [1.165, 1.54) is 24.3 Å². The number of nitrogens with zero attached hydrogens (tertiary/aromatic N) is 1. The molecular weight excluding hydrogens is 324 g/mol. The van der Waals surface area contributed by atoms with Gasteiger partial charge in [-0.3, -0.25) is 19.7 Å². The molecule has 0 aliphatic rings. The van der Waals surface area contributed by atoms with Crippen LogP contribution in [0.15, 0.2) is 54.6 Å². The summed E-state index contributed by atoms with van der Waals surface area (Å²) in [6, 6.07) is 14.6. The number of carbonyl (C=O) groups is 2. The monoisotopic (exact) mass is 342 g/mol. The van der Waals surface area contributed by atoms with Crippen molar-refractivity contribution in [2.24, 2.45) is 5.92 Å². The summed E-state index contributed by atoms with van der Waals surface area (Å²) in [4.78, 5) is 33.9. The minimum Gasteiger partial charge on any atom is -0.481 e. The minimum atomic E-state index is -1.06. The van der Waals surface area contributed by atoms with Crippen molar-refractivity contribution < 1.29 is 19.6 Å². The number of nitro groups is 1. The van der Waals surface area contributed by atoms with Gasteiger partial charge < -0.3 is 10.4 Å². The van der Waals surface area contributed by atoms with Crippen molar-refractivity contribution >= 4 is 23.3 Å². The van der Waals surface area contributed by atoms with Crippen LogP contribution in [0.25, 0.3) is 0 Å². The van der Waals surface area contributed by atoms with Crippen molar-refractivity contribution in [2.75, 3.05) is 5.32 Å². The second-order valence-corrected chi connectivity index (χ2v) is 5.70. The number of nitro benzene ring substituents is 1. The molecule has 0 bridgehead atoms. The van der Waals surface area contributed by atoms with Crippen molar-refractivity contribution in [3.8, 4) is 0 Å². The Hall–Kier alpha value is -3.22. The first-order valence-electron chi connectivity index (χ1n) is 7.70. The number of rotatable bonds is 7. The van der Waals surface area contributed by atoms with Gasteiger partial charge in [0.15, 0.2) is 0 Å². The molecule has 25 heavy (non-hydrogen) atoms. The molecule has 2 N–H and O–H groups in total. The molecule has 2 atom stereocenters. The predicted octanol–water partition coefficient (Wildman–Crippen LogP) is 3.43. The molecule has 7 heteroatoms. The Balaban J connectivity index is 2.17. The molecule has 0 aromatic heterocycles. The highest BCUT2D eigenvalue weighted by atomic mass is 16.6. The number of aliphatic carboxylic acids is 1. The first-order chi connectivity index (χ1) is 11.9. The third-order valence-electron chi connectivity index (χ3n) is 4.01. The third-order valence-corrected chi connectivity index (χ3v) is 4.01. The summed E-state index contributed by atoms with van der Waals surface area (Å²) in [6.07, 6.45) is -0.311. The Labute approximate surface area is 144 Å². The van der Waals surface area contributed by atoms with Gasteiger partial charge >= 0.3 is 5.97 Å². The van der Waals surface area contributed by atoms with E-state index in [-0.39, 0.29) is 18.0 Å². The molecule has 0 unspecified atom stereocenters. The zero-order valence-electron chi connectivity index (χ0n) is 13.6. The Kier molecular flexibility index (Phi) is 5.84. The SMILES string of the molecule is C[C@H](c1ccccc1)[C@H](CC(=O)O)C(=O)Nc1ccc([N+](=O)[O-])cc1. The van der Waals surface area contributed by atoms with E-state index < -0.39 is 22.7 Å². The fourth-order valence-corrected chi connectivity index (χ4v) is 2.58.